The Hall–Kier alpha value is -1.84. The molecule has 0 aromatic carbocycles. The van der Waals surface area contributed by atoms with E-state index in [0.717, 1.165) is 34.2 Å². The molecule has 0 saturated carbocycles. The lowest BCUT2D eigenvalue weighted by atomic mass is 9.96. The Morgan fingerprint density at radius 1 is 1.27 bits per heavy atom. The summed E-state index contributed by atoms with van der Waals surface area (Å²) < 4.78 is 0.799. The maximum atomic E-state index is 12.4. The van der Waals surface area contributed by atoms with Crippen LogP contribution in [0.4, 0.5) is 5.13 Å². The summed E-state index contributed by atoms with van der Waals surface area (Å²) in [6, 6.07) is 1.13. The van der Waals surface area contributed by atoms with Gasteiger partial charge in [0.25, 0.3) is 0 Å². The number of thiazole rings is 1. The second kappa shape index (κ2) is 11.0. The van der Waals surface area contributed by atoms with Crippen molar-refractivity contribution in [2.24, 2.45) is 0 Å². The van der Waals surface area contributed by atoms with Gasteiger partial charge in [0.05, 0.1) is 12.0 Å². The zero-order chi connectivity index (χ0) is 22.3. The molecule has 2 heterocycles. The first-order valence-electron chi connectivity index (χ1n) is 9.91. The number of carbonyl (C=O) groups excluding carboxylic acids is 2. The molecular weight excluding hydrogens is 468 g/mol. The topological polar surface area (TPSA) is 104 Å². The molecule has 0 saturated heterocycles. The van der Waals surface area contributed by atoms with Gasteiger partial charge in [0.1, 0.15) is 6.04 Å². The molecule has 0 aliphatic carbocycles. The van der Waals surface area contributed by atoms with Gasteiger partial charge in [-0.1, -0.05) is 6.92 Å². The quantitative estimate of drug-likeness (QED) is 0.460. The average molecular weight is 497 g/mol. The van der Waals surface area contributed by atoms with E-state index in [1.165, 1.54) is 11.3 Å². The summed E-state index contributed by atoms with van der Waals surface area (Å²) in [6.07, 6.45) is 7.79. The number of pyridine rings is 1. The molecule has 9 heteroatoms. The largest absolute Gasteiger partial charge is 0.390 e. The number of hydrogen-bond acceptors (Lipinski definition) is 6. The Balaban J connectivity index is 1.81. The van der Waals surface area contributed by atoms with Crippen LogP contribution in [0.2, 0.25) is 0 Å². The summed E-state index contributed by atoms with van der Waals surface area (Å²) in [5, 5.41) is 15.8. The molecule has 0 bridgehead atoms. The number of nitrogens with one attached hydrogen (secondary N) is 2. The lowest BCUT2D eigenvalue weighted by molar-refractivity contribution is -0.125. The molecule has 164 valence electrons. The van der Waals surface area contributed by atoms with Crippen LogP contribution in [-0.4, -0.2) is 38.5 Å². The highest BCUT2D eigenvalue weighted by Gasteiger charge is 2.19. The maximum Gasteiger partial charge on any atom is 0.248 e. The van der Waals surface area contributed by atoms with Crippen LogP contribution in [0.15, 0.2) is 29.1 Å². The highest BCUT2D eigenvalue weighted by atomic mass is 79.9. The number of amides is 2. The third kappa shape index (κ3) is 8.49. The summed E-state index contributed by atoms with van der Waals surface area (Å²) in [7, 11) is 0. The van der Waals surface area contributed by atoms with Gasteiger partial charge in [-0.15, -0.1) is 11.3 Å². The van der Waals surface area contributed by atoms with Crippen molar-refractivity contribution in [3.05, 3.63) is 39.6 Å². The average Bonchev–Trinajstić information content (AvgIpc) is 3.09. The van der Waals surface area contributed by atoms with Gasteiger partial charge in [-0.05, 0) is 73.5 Å². The van der Waals surface area contributed by atoms with Crippen molar-refractivity contribution in [1.29, 1.82) is 0 Å². The highest BCUT2D eigenvalue weighted by molar-refractivity contribution is 9.10. The molecule has 2 rings (SSSR count). The molecule has 0 radical (unpaired) electrons. The van der Waals surface area contributed by atoms with Crippen molar-refractivity contribution in [2.75, 3.05) is 5.32 Å². The normalized spacial score (nSPS) is 13.5. The van der Waals surface area contributed by atoms with Crippen LogP contribution >= 0.6 is 27.3 Å². The molecule has 7 nitrogen and oxygen atoms in total. The van der Waals surface area contributed by atoms with E-state index in [9.17, 15) is 14.7 Å². The molecule has 3 N–H and O–H groups in total. The van der Waals surface area contributed by atoms with Crippen LogP contribution in [0.25, 0.3) is 0 Å². The monoisotopic (exact) mass is 496 g/mol. The molecule has 0 spiro atoms. The second-order valence-corrected chi connectivity index (χ2v) is 10.1. The van der Waals surface area contributed by atoms with Gasteiger partial charge < -0.3 is 15.7 Å². The lowest BCUT2D eigenvalue weighted by Crippen LogP contribution is -2.42. The highest BCUT2D eigenvalue weighted by Crippen LogP contribution is 2.30. The number of aromatic nitrogens is 2. The molecule has 0 aliphatic heterocycles. The van der Waals surface area contributed by atoms with E-state index >= 15 is 0 Å². The van der Waals surface area contributed by atoms with Crippen molar-refractivity contribution in [2.45, 2.75) is 70.9 Å². The molecule has 2 atom stereocenters. The number of rotatable bonds is 10. The minimum absolute atomic E-state index is 0.146. The predicted octanol–water partition coefficient (Wildman–Crippen LogP) is 4.03. The number of halogens is 1. The van der Waals surface area contributed by atoms with Crippen molar-refractivity contribution in [3.8, 4) is 0 Å². The fraction of sp³-hybridized carbons (Fsp3) is 0.524. The van der Waals surface area contributed by atoms with Crippen molar-refractivity contribution < 1.29 is 14.7 Å². The smallest absolute Gasteiger partial charge is 0.248 e. The van der Waals surface area contributed by atoms with Crippen LogP contribution in [0, 0.1) is 0 Å². The molecule has 2 aromatic heterocycles. The fourth-order valence-electron chi connectivity index (χ4n) is 2.86. The van der Waals surface area contributed by atoms with Gasteiger partial charge in [-0.3, -0.25) is 14.6 Å². The molecule has 0 fully saturated rings. The van der Waals surface area contributed by atoms with Crippen molar-refractivity contribution in [3.63, 3.8) is 0 Å². The van der Waals surface area contributed by atoms with Gasteiger partial charge in [-0.2, -0.15) is 0 Å². The standard InChI is InChI=1S/C21H29BrN4O3S/c1-13(6-5-7-21(3,4)29)17-12-24-20(30-17)26-19(28)14(2)25-18(27)9-15-8-16(22)11-23-10-15/h8,10-14,29H,5-7,9H2,1-4H3,(H,25,27)(H,24,26,28). The van der Waals surface area contributed by atoms with Gasteiger partial charge >= 0.3 is 0 Å². The Morgan fingerprint density at radius 3 is 2.67 bits per heavy atom. The van der Waals surface area contributed by atoms with E-state index in [0.29, 0.717) is 11.0 Å². The van der Waals surface area contributed by atoms with E-state index in [2.05, 4.69) is 43.5 Å². The van der Waals surface area contributed by atoms with E-state index in [4.69, 9.17) is 0 Å². The Kier molecular flexibility index (Phi) is 8.93. The first-order valence-corrected chi connectivity index (χ1v) is 11.5. The van der Waals surface area contributed by atoms with Crippen LogP contribution in [0.3, 0.4) is 0 Å². The number of anilines is 1. The minimum atomic E-state index is -0.686. The van der Waals surface area contributed by atoms with Crippen molar-refractivity contribution in [1.82, 2.24) is 15.3 Å². The summed E-state index contributed by atoms with van der Waals surface area (Å²) in [4.78, 5) is 34.0. The molecule has 2 aromatic rings. The number of aliphatic hydroxyl groups is 1. The van der Waals surface area contributed by atoms with E-state index in [1.807, 2.05) is 19.9 Å². The first kappa shape index (κ1) is 24.4. The molecule has 0 aliphatic rings. The SMILES string of the molecule is CC(NC(=O)Cc1cncc(Br)c1)C(=O)Nc1ncc(C(C)CCCC(C)(C)O)s1. The lowest BCUT2D eigenvalue weighted by Gasteiger charge is -2.17. The van der Waals surface area contributed by atoms with Crippen LogP contribution in [-0.2, 0) is 16.0 Å². The number of hydrogen-bond donors (Lipinski definition) is 3. The third-order valence-corrected chi connectivity index (χ3v) is 6.14. The Morgan fingerprint density at radius 2 is 2.00 bits per heavy atom. The van der Waals surface area contributed by atoms with E-state index in [1.54, 1.807) is 25.5 Å². The molecule has 30 heavy (non-hydrogen) atoms. The van der Waals surface area contributed by atoms with Gasteiger partial charge in [0, 0.05) is 27.9 Å². The number of carbonyl (C=O) groups is 2. The minimum Gasteiger partial charge on any atom is -0.390 e. The van der Waals surface area contributed by atoms with Crippen molar-refractivity contribution >= 4 is 44.2 Å². The summed E-state index contributed by atoms with van der Waals surface area (Å²) in [6.45, 7) is 7.38. The van der Waals surface area contributed by atoms with E-state index in [-0.39, 0.29) is 18.2 Å². The summed E-state index contributed by atoms with van der Waals surface area (Å²) >= 11 is 4.76. The molecule has 2 amide bonds. The molecule has 2 unspecified atom stereocenters. The van der Waals surface area contributed by atoms with Gasteiger partial charge in [0.2, 0.25) is 11.8 Å². The van der Waals surface area contributed by atoms with Crippen LogP contribution < -0.4 is 10.6 Å². The van der Waals surface area contributed by atoms with Crippen LogP contribution in [0.1, 0.15) is 63.3 Å². The zero-order valence-corrected chi connectivity index (χ0v) is 20.1. The van der Waals surface area contributed by atoms with Gasteiger partial charge in [0.15, 0.2) is 5.13 Å². The Labute approximate surface area is 189 Å². The summed E-state index contributed by atoms with van der Waals surface area (Å²) in [5.74, 6) is -0.268. The predicted molar refractivity (Wildman–Crippen MR) is 123 cm³/mol. The van der Waals surface area contributed by atoms with E-state index < -0.39 is 11.6 Å². The zero-order valence-electron chi connectivity index (χ0n) is 17.7. The summed E-state index contributed by atoms with van der Waals surface area (Å²) in [5.41, 5.74) is 0.110. The first-order chi connectivity index (χ1) is 14.0. The Bertz CT molecular complexity index is 866. The molecular formula is C21H29BrN4O3S. The second-order valence-electron chi connectivity index (χ2n) is 8.14. The fourth-order valence-corrected chi connectivity index (χ4v) is 4.18. The third-order valence-electron chi connectivity index (χ3n) is 4.56. The number of nitrogens with zero attached hydrogens (tertiary/aromatic N) is 2. The van der Waals surface area contributed by atoms with Gasteiger partial charge in [-0.25, -0.2) is 4.98 Å². The maximum absolute atomic E-state index is 12.4. The van der Waals surface area contributed by atoms with Crippen LogP contribution in [0.5, 0.6) is 0 Å².